The van der Waals surface area contributed by atoms with Gasteiger partial charge in [-0.05, 0) is 31.0 Å². The molecule has 1 atom stereocenters. The van der Waals surface area contributed by atoms with E-state index in [1.165, 1.54) is 0 Å². The Bertz CT molecular complexity index is 504. The first-order chi connectivity index (χ1) is 9.20. The Morgan fingerprint density at radius 2 is 2.05 bits per heavy atom. The molecule has 0 aliphatic heterocycles. The van der Waals surface area contributed by atoms with E-state index in [-0.39, 0.29) is 6.04 Å². The molecule has 0 saturated carbocycles. The topological polar surface area (TPSA) is 53.1 Å². The monoisotopic (exact) mass is 259 g/mol. The van der Waals surface area contributed by atoms with Crippen molar-refractivity contribution >= 4 is 0 Å². The van der Waals surface area contributed by atoms with Crippen molar-refractivity contribution in [1.29, 1.82) is 0 Å². The Hall–Kier alpha value is -1.81. The molecule has 4 nitrogen and oxygen atoms in total. The first-order valence-electron chi connectivity index (χ1n) is 6.66. The van der Waals surface area contributed by atoms with Gasteiger partial charge in [-0.1, -0.05) is 19.1 Å². The SMILES string of the molecule is CCC(N)c1ccc(OCCn2ccnc2C)cc1. The first-order valence-corrected chi connectivity index (χ1v) is 6.66. The number of imidazole rings is 1. The lowest BCUT2D eigenvalue weighted by atomic mass is 10.1. The van der Waals surface area contributed by atoms with Crippen molar-refractivity contribution in [2.45, 2.75) is 32.9 Å². The fourth-order valence-corrected chi connectivity index (χ4v) is 1.95. The van der Waals surface area contributed by atoms with E-state index in [0.29, 0.717) is 6.61 Å². The van der Waals surface area contributed by atoms with Crippen molar-refractivity contribution in [3.8, 4) is 5.75 Å². The van der Waals surface area contributed by atoms with Crippen LogP contribution in [0.4, 0.5) is 0 Å². The van der Waals surface area contributed by atoms with Gasteiger partial charge >= 0.3 is 0 Å². The number of aryl methyl sites for hydroxylation is 1. The molecule has 0 aliphatic rings. The summed E-state index contributed by atoms with van der Waals surface area (Å²) in [6, 6.07) is 8.14. The van der Waals surface area contributed by atoms with Crippen molar-refractivity contribution in [3.63, 3.8) is 0 Å². The van der Waals surface area contributed by atoms with Crippen molar-refractivity contribution in [1.82, 2.24) is 9.55 Å². The normalized spacial score (nSPS) is 12.4. The second kappa shape index (κ2) is 6.38. The van der Waals surface area contributed by atoms with E-state index in [1.807, 2.05) is 37.4 Å². The average molecular weight is 259 g/mol. The van der Waals surface area contributed by atoms with E-state index in [2.05, 4.69) is 16.5 Å². The van der Waals surface area contributed by atoms with Gasteiger partial charge in [0.15, 0.2) is 0 Å². The Labute approximate surface area is 114 Å². The molecule has 0 bridgehead atoms. The zero-order valence-electron chi connectivity index (χ0n) is 11.5. The van der Waals surface area contributed by atoms with Crippen molar-refractivity contribution in [2.24, 2.45) is 5.73 Å². The lowest BCUT2D eigenvalue weighted by Gasteiger charge is -2.11. The number of hydrogen-bond acceptors (Lipinski definition) is 3. The number of ether oxygens (including phenoxy) is 1. The molecule has 1 aromatic carbocycles. The molecule has 19 heavy (non-hydrogen) atoms. The second-order valence-electron chi connectivity index (χ2n) is 4.60. The maximum Gasteiger partial charge on any atom is 0.119 e. The average Bonchev–Trinajstić information content (AvgIpc) is 2.84. The Morgan fingerprint density at radius 1 is 1.32 bits per heavy atom. The minimum atomic E-state index is 0.114. The van der Waals surface area contributed by atoms with Crippen LogP contribution < -0.4 is 10.5 Å². The summed E-state index contributed by atoms with van der Waals surface area (Å²) < 4.78 is 7.78. The molecule has 1 heterocycles. The molecule has 1 aromatic heterocycles. The third kappa shape index (κ3) is 3.58. The standard InChI is InChI=1S/C15H21N3O/c1-3-15(16)13-4-6-14(7-5-13)19-11-10-18-9-8-17-12(18)2/h4-9,15H,3,10-11,16H2,1-2H3. The van der Waals surface area contributed by atoms with Gasteiger partial charge in [0.2, 0.25) is 0 Å². The summed E-state index contributed by atoms with van der Waals surface area (Å²) in [4.78, 5) is 4.18. The molecule has 0 spiro atoms. The highest BCUT2D eigenvalue weighted by molar-refractivity contribution is 5.28. The van der Waals surface area contributed by atoms with Crippen molar-refractivity contribution in [2.75, 3.05) is 6.61 Å². The summed E-state index contributed by atoms with van der Waals surface area (Å²) in [5, 5.41) is 0. The van der Waals surface area contributed by atoms with Crippen molar-refractivity contribution in [3.05, 3.63) is 48.0 Å². The van der Waals surface area contributed by atoms with E-state index in [4.69, 9.17) is 10.5 Å². The molecule has 0 radical (unpaired) electrons. The van der Waals surface area contributed by atoms with Gasteiger partial charge in [0, 0.05) is 18.4 Å². The summed E-state index contributed by atoms with van der Waals surface area (Å²) in [5.74, 6) is 1.89. The lowest BCUT2D eigenvalue weighted by Crippen LogP contribution is -2.10. The Kier molecular flexibility index (Phi) is 4.58. The predicted octanol–water partition coefficient (Wildman–Crippen LogP) is 2.68. The van der Waals surface area contributed by atoms with Crippen LogP contribution in [0.5, 0.6) is 5.75 Å². The zero-order chi connectivity index (χ0) is 13.7. The molecule has 0 aliphatic carbocycles. The predicted molar refractivity (Wildman–Crippen MR) is 76.1 cm³/mol. The number of aromatic nitrogens is 2. The van der Waals surface area contributed by atoms with Crippen LogP contribution in [-0.4, -0.2) is 16.2 Å². The van der Waals surface area contributed by atoms with Crippen LogP contribution in [0.1, 0.15) is 30.8 Å². The highest BCUT2D eigenvalue weighted by Crippen LogP contribution is 2.18. The number of nitrogens with zero attached hydrogens (tertiary/aromatic N) is 2. The molecule has 2 rings (SSSR count). The van der Waals surface area contributed by atoms with Gasteiger partial charge < -0.3 is 15.0 Å². The Balaban J connectivity index is 1.85. The van der Waals surface area contributed by atoms with E-state index < -0.39 is 0 Å². The first kappa shape index (κ1) is 13.6. The van der Waals surface area contributed by atoms with Gasteiger partial charge in [0.1, 0.15) is 18.2 Å². The van der Waals surface area contributed by atoms with E-state index in [0.717, 1.165) is 30.1 Å². The smallest absolute Gasteiger partial charge is 0.119 e. The van der Waals surface area contributed by atoms with E-state index >= 15 is 0 Å². The number of nitrogens with two attached hydrogens (primary N) is 1. The summed E-state index contributed by atoms with van der Waals surface area (Å²) >= 11 is 0. The van der Waals surface area contributed by atoms with Crippen LogP contribution >= 0.6 is 0 Å². The van der Waals surface area contributed by atoms with Gasteiger partial charge in [-0.3, -0.25) is 0 Å². The maximum atomic E-state index is 5.97. The highest BCUT2D eigenvalue weighted by atomic mass is 16.5. The van der Waals surface area contributed by atoms with E-state index in [9.17, 15) is 0 Å². The van der Waals surface area contributed by atoms with Gasteiger partial charge in [0.25, 0.3) is 0 Å². The van der Waals surface area contributed by atoms with Crippen molar-refractivity contribution < 1.29 is 4.74 Å². The quantitative estimate of drug-likeness (QED) is 0.867. The molecule has 2 aromatic rings. The molecule has 2 N–H and O–H groups in total. The molecule has 102 valence electrons. The third-order valence-electron chi connectivity index (χ3n) is 3.27. The van der Waals surface area contributed by atoms with Gasteiger partial charge in [-0.2, -0.15) is 0 Å². The van der Waals surface area contributed by atoms with Crippen LogP contribution in [0.25, 0.3) is 0 Å². The van der Waals surface area contributed by atoms with Gasteiger partial charge in [-0.15, -0.1) is 0 Å². The van der Waals surface area contributed by atoms with Gasteiger partial charge in [0.05, 0.1) is 6.54 Å². The zero-order valence-corrected chi connectivity index (χ0v) is 11.5. The second-order valence-corrected chi connectivity index (χ2v) is 4.60. The lowest BCUT2D eigenvalue weighted by molar-refractivity contribution is 0.297. The van der Waals surface area contributed by atoms with Crippen LogP contribution in [0.15, 0.2) is 36.7 Å². The van der Waals surface area contributed by atoms with Crippen LogP contribution in [-0.2, 0) is 6.54 Å². The summed E-state index contributed by atoms with van der Waals surface area (Å²) in [6.07, 6.45) is 4.71. The molecule has 0 saturated heterocycles. The molecule has 0 fully saturated rings. The molecular formula is C15H21N3O. The molecule has 0 amide bonds. The third-order valence-corrected chi connectivity index (χ3v) is 3.27. The minimum absolute atomic E-state index is 0.114. The summed E-state index contributed by atoms with van der Waals surface area (Å²) in [7, 11) is 0. The fraction of sp³-hybridized carbons (Fsp3) is 0.400. The molecule has 1 unspecified atom stereocenters. The van der Waals surface area contributed by atoms with Crippen LogP contribution in [0.3, 0.4) is 0 Å². The largest absolute Gasteiger partial charge is 0.492 e. The number of hydrogen-bond donors (Lipinski definition) is 1. The number of rotatable bonds is 6. The van der Waals surface area contributed by atoms with Crippen LogP contribution in [0.2, 0.25) is 0 Å². The van der Waals surface area contributed by atoms with E-state index in [1.54, 1.807) is 6.20 Å². The molecule has 4 heteroatoms. The number of benzene rings is 1. The molecular weight excluding hydrogens is 238 g/mol. The maximum absolute atomic E-state index is 5.97. The van der Waals surface area contributed by atoms with Gasteiger partial charge in [-0.25, -0.2) is 4.98 Å². The Morgan fingerprint density at radius 3 is 2.63 bits per heavy atom. The minimum Gasteiger partial charge on any atom is -0.492 e. The fourth-order valence-electron chi connectivity index (χ4n) is 1.95. The highest BCUT2D eigenvalue weighted by Gasteiger charge is 2.03. The summed E-state index contributed by atoms with van der Waals surface area (Å²) in [6.45, 7) is 5.52. The summed E-state index contributed by atoms with van der Waals surface area (Å²) in [5.41, 5.74) is 7.13. The van der Waals surface area contributed by atoms with Crippen LogP contribution in [0, 0.1) is 6.92 Å².